The molecule has 0 amide bonds. The lowest BCUT2D eigenvalue weighted by Gasteiger charge is -2.18. The Kier molecular flexibility index (Phi) is 15.9. The van der Waals surface area contributed by atoms with Gasteiger partial charge in [-0.1, -0.05) is 6.55 Å². The third-order valence-electron chi connectivity index (χ3n) is 1.89. The smallest absolute Gasteiger partial charge is 0.427 e. The van der Waals surface area contributed by atoms with Crippen molar-refractivity contribution in [2.45, 2.75) is 19.6 Å². The molecule has 0 aliphatic carbocycles. The molecular formula is C9H30O6Si3. The van der Waals surface area contributed by atoms with Crippen molar-refractivity contribution in [1.82, 2.24) is 0 Å². The van der Waals surface area contributed by atoms with Gasteiger partial charge in [0.15, 0.2) is 9.63 Å². The van der Waals surface area contributed by atoms with Crippen LogP contribution in [0.2, 0.25) is 19.6 Å². The molecule has 0 heterocycles. The predicted molar refractivity (Wildman–Crippen MR) is 81.1 cm³/mol. The number of hydrogen-bond donors (Lipinski definition) is 0. The van der Waals surface area contributed by atoms with E-state index in [4.69, 9.17) is 17.0 Å². The first-order chi connectivity index (χ1) is 9.36. The molecule has 18 heavy (non-hydrogen) atoms. The maximum absolute atomic E-state index is 7.12. The number of hydrogen-bond acceptors (Lipinski definition) is 6. The van der Waals surface area contributed by atoms with Gasteiger partial charge in [-0.15, -0.1) is 0 Å². The fourth-order valence-corrected chi connectivity index (χ4v) is 1.00. The Morgan fingerprint density at radius 3 is 1.28 bits per heavy atom. The summed E-state index contributed by atoms with van der Waals surface area (Å²) in [5, 5.41) is 0. The maximum Gasteiger partial charge on any atom is 0.496 e. The molecule has 0 saturated carbocycles. The minimum absolute atomic E-state index is 1.40. The lowest BCUT2D eigenvalue weighted by atomic mass is 11.8. The van der Waals surface area contributed by atoms with Crippen molar-refractivity contribution < 1.29 is 26.6 Å². The Labute approximate surface area is 121 Å². The summed E-state index contributed by atoms with van der Waals surface area (Å²) < 4.78 is 49.2. The zero-order valence-corrected chi connectivity index (χ0v) is 15.9. The summed E-state index contributed by atoms with van der Waals surface area (Å²) in [4.78, 5) is 0. The van der Waals surface area contributed by atoms with E-state index in [0.29, 0.717) is 0 Å². The summed E-state index contributed by atoms with van der Waals surface area (Å²) in [7, 11) is 1.92. The van der Waals surface area contributed by atoms with Gasteiger partial charge in [0.05, 0.1) is 1.23 Å². The van der Waals surface area contributed by atoms with Crippen LogP contribution in [0.3, 0.4) is 0 Å². The molecule has 0 radical (unpaired) electrons. The molecule has 0 bridgehead atoms. The van der Waals surface area contributed by atoms with E-state index in [-0.39, 0.29) is 0 Å². The van der Waals surface area contributed by atoms with Crippen molar-refractivity contribution in [2.24, 2.45) is 0 Å². The van der Waals surface area contributed by atoms with E-state index in [1.807, 2.05) is 6.55 Å². The Morgan fingerprint density at radius 1 is 1.00 bits per heavy atom. The van der Waals surface area contributed by atoms with Crippen molar-refractivity contribution >= 4 is 27.6 Å². The second-order valence-electron chi connectivity index (χ2n) is 2.78. The molecule has 9 heteroatoms. The fraction of sp³-hybridized carbons (Fsp3) is 1.00. The van der Waals surface area contributed by atoms with E-state index in [2.05, 4.69) is 13.3 Å². The molecule has 0 saturated heterocycles. The van der Waals surface area contributed by atoms with Gasteiger partial charge in [0.25, 0.3) is 0 Å². The molecule has 0 rings (SSSR count). The van der Waals surface area contributed by atoms with Gasteiger partial charge in [-0.05, 0) is 6.55 Å². The van der Waals surface area contributed by atoms with Crippen LogP contribution in [-0.4, -0.2) is 74.0 Å². The van der Waals surface area contributed by atoms with Crippen LogP contribution < -0.4 is 0 Å². The SMILES string of the molecule is CO[Si](C)(OC)OC.[2H][Si](C)(OC)OC.[2H][Si]([2H])(C)OC. The molecular weight excluding hydrogens is 288 g/mol. The minimum Gasteiger partial charge on any atom is -0.427 e. The first kappa shape index (κ1) is 16.5. The molecule has 114 valence electrons. The Morgan fingerprint density at radius 2 is 1.28 bits per heavy atom. The van der Waals surface area contributed by atoms with E-state index < -0.39 is 27.6 Å². The third kappa shape index (κ3) is 18.8. The number of rotatable bonds is 6. The molecule has 0 fully saturated rings. The highest BCUT2D eigenvalue weighted by molar-refractivity contribution is 6.58. The van der Waals surface area contributed by atoms with Crippen LogP contribution in [-0.2, 0) is 26.6 Å². The second kappa shape index (κ2) is 17.4. The van der Waals surface area contributed by atoms with Gasteiger partial charge >= 0.3 is 18.0 Å². The topological polar surface area (TPSA) is 55.4 Å². The molecule has 0 aromatic carbocycles. The van der Waals surface area contributed by atoms with E-state index in [1.165, 1.54) is 27.9 Å². The second-order valence-corrected chi connectivity index (χ2v) is 8.35. The zero-order valence-electron chi connectivity index (χ0n) is 15.9. The highest BCUT2D eigenvalue weighted by Crippen LogP contribution is 2.02. The molecule has 0 spiro atoms. The fourth-order valence-electron chi connectivity index (χ4n) is 0.333. The quantitative estimate of drug-likeness (QED) is 0.660. The molecule has 0 aromatic rings. The summed E-state index contributed by atoms with van der Waals surface area (Å²) >= 11 is 0. The average molecular weight is 322 g/mol. The Balaban J connectivity index is -0.000000234. The van der Waals surface area contributed by atoms with Gasteiger partial charge in [-0.25, -0.2) is 0 Å². The highest BCUT2D eigenvalue weighted by atomic mass is 28.4. The van der Waals surface area contributed by atoms with Crippen molar-refractivity contribution in [2.75, 3.05) is 42.7 Å². The first-order valence-corrected chi connectivity index (χ1v) is 10.6. The van der Waals surface area contributed by atoms with Crippen LogP contribution in [0, 0.1) is 0 Å². The summed E-state index contributed by atoms with van der Waals surface area (Å²) in [6.45, 7) is 4.98. The third-order valence-corrected chi connectivity index (χ3v) is 5.67. The minimum atomic E-state index is -2.63. The predicted octanol–water partition coefficient (Wildman–Crippen LogP) is 0.389. The standard InChI is InChI=1S/C4H12O3Si.C3H10O2Si.C2H8OSi/c1-5-8(4,6-2)7-3;1-4-6(3)5-2;1-3-4-2/h1-4H3;6H,1-3H3;4H2,1-2H3/i;6D;4D2. The lowest BCUT2D eigenvalue weighted by Crippen LogP contribution is -2.38. The van der Waals surface area contributed by atoms with Crippen molar-refractivity contribution in [3.8, 4) is 0 Å². The van der Waals surface area contributed by atoms with Crippen LogP contribution in [0.1, 0.15) is 0 Å². The van der Waals surface area contributed by atoms with Crippen molar-refractivity contribution in [3.05, 3.63) is 0 Å². The highest BCUT2D eigenvalue weighted by Gasteiger charge is 2.29. The average Bonchev–Trinajstić information content (AvgIpc) is 2.47. The molecule has 0 N–H and O–H groups in total. The van der Waals surface area contributed by atoms with Gasteiger partial charge in [-0.3, -0.25) is 0 Å². The summed E-state index contributed by atoms with van der Waals surface area (Å²) in [6, 6.07) is 0. The molecule has 0 aliphatic rings. The maximum atomic E-state index is 7.12. The molecule has 0 atom stereocenters. The molecule has 0 aromatic heterocycles. The summed E-state index contributed by atoms with van der Waals surface area (Å²) in [5.74, 6) is 0. The Hall–Kier alpha value is 0.411. The largest absolute Gasteiger partial charge is 0.496 e. The van der Waals surface area contributed by atoms with E-state index in [9.17, 15) is 0 Å². The van der Waals surface area contributed by atoms with Crippen molar-refractivity contribution in [1.29, 1.82) is 3.70 Å². The van der Waals surface area contributed by atoms with E-state index >= 15 is 0 Å². The molecule has 6 nitrogen and oxygen atoms in total. The monoisotopic (exact) mass is 321 g/mol. The van der Waals surface area contributed by atoms with Crippen molar-refractivity contribution in [3.63, 3.8) is 0 Å². The van der Waals surface area contributed by atoms with Gasteiger partial charge in [0.1, 0.15) is 0 Å². The van der Waals surface area contributed by atoms with Gasteiger partial charge < -0.3 is 26.6 Å². The van der Waals surface area contributed by atoms with Gasteiger partial charge in [0.2, 0.25) is 0 Å². The Bertz CT molecular complexity index is 225. The summed E-state index contributed by atoms with van der Waals surface area (Å²) in [6.07, 6.45) is 0. The first-order valence-electron chi connectivity index (χ1n) is 6.67. The van der Waals surface area contributed by atoms with Crippen LogP contribution in [0.5, 0.6) is 0 Å². The molecule has 0 aliphatic heterocycles. The van der Waals surface area contributed by atoms with Crippen LogP contribution in [0.15, 0.2) is 0 Å². The molecule has 0 unspecified atom stereocenters. The lowest BCUT2D eigenvalue weighted by molar-refractivity contribution is 0.132. The van der Waals surface area contributed by atoms with Crippen LogP contribution in [0.25, 0.3) is 0 Å². The van der Waals surface area contributed by atoms with Crippen LogP contribution >= 0.6 is 0 Å². The van der Waals surface area contributed by atoms with Gasteiger partial charge in [0, 0.05) is 51.7 Å². The zero-order chi connectivity index (χ0) is 17.7. The summed E-state index contributed by atoms with van der Waals surface area (Å²) in [5.41, 5.74) is 0. The van der Waals surface area contributed by atoms with E-state index in [0.717, 1.165) is 0 Å². The van der Waals surface area contributed by atoms with E-state index in [1.54, 1.807) is 27.9 Å². The van der Waals surface area contributed by atoms with Gasteiger partial charge in [-0.2, -0.15) is 0 Å². The van der Waals surface area contributed by atoms with Crippen LogP contribution in [0.4, 0.5) is 0 Å². The normalized spacial score (nSPS) is 14.2.